The van der Waals surface area contributed by atoms with Crippen LogP contribution in [0, 0.1) is 5.41 Å². The molecule has 0 heterocycles. The number of hydrogen-bond donors (Lipinski definition) is 2. The molecule has 1 atom stereocenters. The van der Waals surface area contributed by atoms with Crippen molar-refractivity contribution in [2.24, 2.45) is 5.41 Å². The van der Waals surface area contributed by atoms with Gasteiger partial charge in [-0.3, -0.25) is 4.79 Å². The number of carbonyl (C=O) groups excluding carboxylic acids is 2. The van der Waals surface area contributed by atoms with Crippen LogP contribution in [0.1, 0.15) is 65.7 Å². The van der Waals surface area contributed by atoms with Crippen molar-refractivity contribution in [3.8, 4) is 0 Å². The zero-order valence-electron chi connectivity index (χ0n) is 12.9. The van der Waals surface area contributed by atoms with Gasteiger partial charge in [0, 0.05) is 6.42 Å². The second-order valence-corrected chi connectivity index (χ2v) is 5.26. The van der Waals surface area contributed by atoms with Crippen molar-refractivity contribution in [3.63, 3.8) is 0 Å². The Morgan fingerprint density at radius 2 is 1.65 bits per heavy atom. The normalized spacial score (nSPS) is 13.1. The van der Waals surface area contributed by atoms with Crippen molar-refractivity contribution in [2.75, 3.05) is 6.61 Å². The lowest BCUT2D eigenvalue weighted by Crippen LogP contribution is -2.28. The van der Waals surface area contributed by atoms with Crippen molar-refractivity contribution in [2.45, 2.75) is 71.8 Å². The minimum absolute atomic E-state index is 0.164. The number of carbonyl (C=O) groups is 2. The average Bonchev–Trinajstić information content (AvgIpc) is 2.47. The molecule has 0 bridgehead atoms. The van der Waals surface area contributed by atoms with Gasteiger partial charge in [0.1, 0.15) is 0 Å². The van der Waals surface area contributed by atoms with Crippen LogP contribution in [0.4, 0.5) is 0 Å². The van der Waals surface area contributed by atoms with E-state index in [-0.39, 0.29) is 6.42 Å². The molecular formula is C15H28O5. The fourth-order valence-electron chi connectivity index (χ4n) is 2.36. The lowest BCUT2D eigenvalue weighted by atomic mass is 9.76. The molecule has 20 heavy (non-hydrogen) atoms. The summed E-state index contributed by atoms with van der Waals surface area (Å²) in [5, 5.41) is 17.5. The summed E-state index contributed by atoms with van der Waals surface area (Å²) in [4.78, 5) is 22.4. The van der Waals surface area contributed by atoms with Crippen molar-refractivity contribution in [1.82, 2.24) is 0 Å². The summed E-state index contributed by atoms with van der Waals surface area (Å²) in [5.74, 6) is -1.72. The molecule has 0 aliphatic carbocycles. The van der Waals surface area contributed by atoms with Crippen molar-refractivity contribution in [3.05, 3.63) is 0 Å². The standard InChI is InChI=1S/C15H28O5/c1-4-15(5-2,6-3)10-8-7-9-13(18)20-14(19)12(17)11-16/h12,16-17H,4-11H2,1-3H3. The van der Waals surface area contributed by atoms with E-state index in [1.54, 1.807) is 0 Å². The molecule has 5 heteroatoms. The van der Waals surface area contributed by atoms with Gasteiger partial charge >= 0.3 is 11.9 Å². The minimum atomic E-state index is -1.63. The first-order chi connectivity index (χ1) is 9.44. The van der Waals surface area contributed by atoms with E-state index >= 15 is 0 Å². The molecule has 2 N–H and O–H groups in total. The van der Waals surface area contributed by atoms with Crippen molar-refractivity contribution >= 4 is 11.9 Å². The highest BCUT2D eigenvalue weighted by Crippen LogP contribution is 2.36. The van der Waals surface area contributed by atoms with Gasteiger partial charge in [0.2, 0.25) is 0 Å². The molecule has 0 saturated carbocycles. The fourth-order valence-corrected chi connectivity index (χ4v) is 2.36. The summed E-state index contributed by atoms with van der Waals surface area (Å²) in [6, 6.07) is 0. The molecule has 0 spiro atoms. The van der Waals surface area contributed by atoms with Gasteiger partial charge in [0.25, 0.3) is 0 Å². The third kappa shape index (κ3) is 6.48. The molecule has 0 fully saturated rings. The van der Waals surface area contributed by atoms with E-state index in [9.17, 15) is 9.59 Å². The minimum Gasteiger partial charge on any atom is -0.393 e. The molecule has 0 aromatic rings. The van der Waals surface area contributed by atoms with Gasteiger partial charge in [-0.1, -0.05) is 46.5 Å². The van der Waals surface area contributed by atoms with E-state index in [0.717, 1.165) is 32.1 Å². The summed E-state index contributed by atoms with van der Waals surface area (Å²) in [5.41, 5.74) is 0.354. The van der Waals surface area contributed by atoms with E-state index in [0.29, 0.717) is 11.8 Å². The molecular weight excluding hydrogens is 260 g/mol. The van der Waals surface area contributed by atoms with Crippen LogP contribution in [0.2, 0.25) is 0 Å². The monoisotopic (exact) mass is 288 g/mol. The topological polar surface area (TPSA) is 83.8 Å². The van der Waals surface area contributed by atoms with Crippen molar-refractivity contribution < 1.29 is 24.5 Å². The fraction of sp³-hybridized carbons (Fsp3) is 0.867. The molecule has 0 saturated heterocycles. The van der Waals surface area contributed by atoms with E-state index in [1.807, 2.05) is 0 Å². The first-order valence-electron chi connectivity index (χ1n) is 7.48. The number of aliphatic hydroxyl groups is 2. The summed E-state index contributed by atoms with van der Waals surface area (Å²) in [7, 11) is 0. The molecule has 118 valence electrons. The average molecular weight is 288 g/mol. The van der Waals surface area contributed by atoms with Crippen molar-refractivity contribution in [1.29, 1.82) is 0 Å². The van der Waals surface area contributed by atoms with Crippen LogP contribution in [-0.2, 0) is 14.3 Å². The van der Waals surface area contributed by atoms with Crippen LogP contribution in [-0.4, -0.2) is 34.9 Å². The third-order valence-corrected chi connectivity index (χ3v) is 4.25. The van der Waals surface area contributed by atoms with E-state index in [1.165, 1.54) is 0 Å². The second-order valence-electron chi connectivity index (χ2n) is 5.26. The molecule has 0 aliphatic rings. The largest absolute Gasteiger partial charge is 0.393 e. The maximum atomic E-state index is 11.4. The Bertz CT molecular complexity index is 288. The molecule has 0 amide bonds. The third-order valence-electron chi connectivity index (χ3n) is 4.25. The Morgan fingerprint density at radius 1 is 1.10 bits per heavy atom. The quantitative estimate of drug-likeness (QED) is 0.366. The Labute approximate surface area is 121 Å². The van der Waals surface area contributed by atoms with Crippen LogP contribution >= 0.6 is 0 Å². The smallest absolute Gasteiger partial charge is 0.345 e. The SMILES string of the molecule is CCC(CC)(CC)CCCCC(=O)OC(=O)C(O)CO. The molecule has 1 unspecified atom stereocenters. The lowest BCUT2D eigenvalue weighted by molar-refractivity contribution is -0.167. The zero-order chi connectivity index (χ0) is 15.6. The Balaban J connectivity index is 3.95. The van der Waals surface area contributed by atoms with Gasteiger partial charge in [0.05, 0.1) is 6.61 Å². The van der Waals surface area contributed by atoms with Crippen LogP contribution < -0.4 is 0 Å². The predicted molar refractivity (Wildman–Crippen MR) is 76.0 cm³/mol. The highest BCUT2D eigenvalue weighted by molar-refractivity contribution is 5.87. The summed E-state index contributed by atoms with van der Waals surface area (Å²) < 4.78 is 4.43. The van der Waals surface area contributed by atoms with Crippen LogP contribution in [0.25, 0.3) is 0 Å². The molecule has 0 rings (SSSR count). The van der Waals surface area contributed by atoms with Crippen LogP contribution in [0.3, 0.4) is 0 Å². The van der Waals surface area contributed by atoms with Gasteiger partial charge in [-0.05, 0) is 18.3 Å². The van der Waals surface area contributed by atoms with Gasteiger partial charge < -0.3 is 14.9 Å². The second kappa shape index (κ2) is 9.88. The zero-order valence-corrected chi connectivity index (χ0v) is 12.9. The Morgan fingerprint density at radius 3 is 2.10 bits per heavy atom. The number of hydrogen-bond acceptors (Lipinski definition) is 5. The number of esters is 2. The van der Waals surface area contributed by atoms with E-state index < -0.39 is 24.6 Å². The Kier molecular flexibility index (Phi) is 9.42. The molecule has 0 aromatic heterocycles. The molecule has 0 aromatic carbocycles. The maximum absolute atomic E-state index is 11.4. The number of aliphatic hydroxyl groups excluding tert-OH is 2. The van der Waals surface area contributed by atoms with E-state index in [4.69, 9.17) is 10.2 Å². The molecule has 0 radical (unpaired) electrons. The van der Waals surface area contributed by atoms with Crippen LogP contribution in [0.5, 0.6) is 0 Å². The predicted octanol–water partition coefficient (Wildman–Crippen LogP) is 2.19. The summed E-state index contributed by atoms with van der Waals surface area (Å²) in [6.45, 7) is 5.83. The van der Waals surface area contributed by atoms with Gasteiger partial charge in [-0.2, -0.15) is 0 Å². The highest BCUT2D eigenvalue weighted by atomic mass is 16.6. The summed E-state index contributed by atoms with van der Waals surface area (Å²) in [6.07, 6.45) is 4.58. The number of rotatable bonds is 10. The van der Waals surface area contributed by atoms with Gasteiger partial charge in [0.15, 0.2) is 6.10 Å². The highest BCUT2D eigenvalue weighted by Gasteiger charge is 2.23. The molecule has 0 aliphatic heterocycles. The summed E-state index contributed by atoms with van der Waals surface area (Å²) >= 11 is 0. The lowest BCUT2D eigenvalue weighted by Gasteiger charge is -2.30. The van der Waals surface area contributed by atoms with Crippen LogP contribution in [0.15, 0.2) is 0 Å². The number of unbranched alkanes of at least 4 members (excludes halogenated alkanes) is 1. The first kappa shape index (κ1) is 19.1. The van der Waals surface area contributed by atoms with E-state index in [2.05, 4.69) is 25.5 Å². The maximum Gasteiger partial charge on any atom is 0.345 e. The molecule has 5 nitrogen and oxygen atoms in total. The first-order valence-corrected chi connectivity index (χ1v) is 7.48. The van der Waals surface area contributed by atoms with Gasteiger partial charge in [-0.25, -0.2) is 4.79 Å². The number of ether oxygens (including phenoxy) is 1. The van der Waals surface area contributed by atoms with Gasteiger partial charge in [-0.15, -0.1) is 0 Å². The Hall–Kier alpha value is -0.940.